The summed E-state index contributed by atoms with van der Waals surface area (Å²) in [5, 5.41) is 26.5. The van der Waals surface area contributed by atoms with Crippen molar-refractivity contribution >= 4 is 33.7 Å². The first kappa shape index (κ1) is 20.1. The van der Waals surface area contributed by atoms with Crippen molar-refractivity contribution in [3.8, 4) is 5.88 Å². The minimum absolute atomic E-state index is 0.125. The van der Waals surface area contributed by atoms with Gasteiger partial charge in [0.05, 0.1) is 16.2 Å². The SMILES string of the molecule is O=[N+]([O-])c1ccc2[nH]c(O)c(C3=Nc4ccc(F)cc4/C3=N\OCCN3CCCC3)c2c1. The van der Waals surface area contributed by atoms with E-state index in [9.17, 15) is 19.6 Å². The zero-order chi connectivity index (χ0) is 22.2. The van der Waals surface area contributed by atoms with E-state index in [1.165, 1.54) is 49.2 Å². The number of benzene rings is 2. The Balaban J connectivity index is 1.54. The van der Waals surface area contributed by atoms with Crippen LogP contribution in [0.5, 0.6) is 5.88 Å². The van der Waals surface area contributed by atoms with Gasteiger partial charge in [-0.2, -0.15) is 0 Å². The topological polar surface area (TPSA) is 116 Å². The number of aromatic amines is 1. The number of halogens is 1. The molecule has 32 heavy (non-hydrogen) atoms. The fourth-order valence-electron chi connectivity index (χ4n) is 4.17. The Morgan fingerprint density at radius 3 is 2.84 bits per heavy atom. The summed E-state index contributed by atoms with van der Waals surface area (Å²) in [4.78, 5) is 25.9. The van der Waals surface area contributed by atoms with Crippen LogP contribution in [-0.4, -0.2) is 57.6 Å². The van der Waals surface area contributed by atoms with E-state index in [1.807, 2.05) is 0 Å². The van der Waals surface area contributed by atoms with E-state index in [-0.39, 0.29) is 28.6 Å². The van der Waals surface area contributed by atoms with Crippen LogP contribution < -0.4 is 0 Å². The van der Waals surface area contributed by atoms with Crippen LogP contribution >= 0.6 is 0 Å². The second kappa shape index (κ2) is 8.04. The van der Waals surface area contributed by atoms with Crippen LogP contribution in [0.1, 0.15) is 24.0 Å². The highest BCUT2D eigenvalue weighted by molar-refractivity contribution is 6.58. The Morgan fingerprint density at radius 1 is 1.25 bits per heavy atom. The molecule has 1 aromatic heterocycles. The van der Waals surface area contributed by atoms with Crippen molar-refractivity contribution in [2.24, 2.45) is 10.1 Å². The first-order valence-corrected chi connectivity index (χ1v) is 10.3. The van der Waals surface area contributed by atoms with Crippen LogP contribution in [0.15, 0.2) is 46.5 Å². The number of hydrogen-bond acceptors (Lipinski definition) is 7. The van der Waals surface area contributed by atoms with Crippen LogP contribution in [-0.2, 0) is 4.84 Å². The van der Waals surface area contributed by atoms with Crippen LogP contribution in [0.25, 0.3) is 10.9 Å². The predicted octanol–water partition coefficient (Wildman–Crippen LogP) is 3.87. The van der Waals surface area contributed by atoms with Crippen LogP contribution in [0.3, 0.4) is 0 Å². The predicted molar refractivity (Wildman–Crippen MR) is 117 cm³/mol. The molecule has 10 heteroatoms. The van der Waals surface area contributed by atoms with Crippen molar-refractivity contribution in [2.75, 3.05) is 26.2 Å². The quantitative estimate of drug-likeness (QED) is 0.345. The summed E-state index contributed by atoms with van der Waals surface area (Å²) >= 11 is 0. The highest BCUT2D eigenvalue weighted by atomic mass is 19.1. The van der Waals surface area contributed by atoms with Gasteiger partial charge in [-0.15, -0.1) is 0 Å². The van der Waals surface area contributed by atoms with Gasteiger partial charge in [-0.3, -0.25) is 15.0 Å². The zero-order valence-electron chi connectivity index (χ0n) is 17.0. The van der Waals surface area contributed by atoms with Crippen molar-refractivity contribution in [1.82, 2.24) is 9.88 Å². The molecule has 0 aliphatic carbocycles. The molecule has 2 aliphatic heterocycles. The van der Waals surface area contributed by atoms with Gasteiger partial charge in [-0.1, -0.05) is 5.16 Å². The van der Waals surface area contributed by atoms with E-state index < -0.39 is 10.7 Å². The Bertz CT molecular complexity index is 1280. The molecule has 0 radical (unpaired) electrons. The van der Waals surface area contributed by atoms with Crippen molar-refractivity contribution in [3.05, 3.63) is 63.5 Å². The number of nitrogens with zero attached hydrogens (tertiary/aromatic N) is 4. The van der Waals surface area contributed by atoms with Gasteiger partial charge >= 0.3 is 0 Å². The maximum Gasteiger partial charge on any atom is 0.270 e. The first-order chi connectivity index (χ1) is 15.5. The van der Waals surface area contributed by atoms with Gasteiger partial charge in [-0.25, -0.2) is 9.38 Å². The Kier molecular flexibility index (Phi) is 5.06. The highest BCUT2D eigenvalue weighted by Crippen LogP contribution is 2.37. The number of rotatable bonds is 6. The van der Waals surface area contributed by atoms with E-state index in [0.717, 1.165) is 19.6 Å². The number of aromatic hydroxyl groups is 1. The summed E-state index contributed by atoms with van der Waals surface area (Å²) in [6.07, 6.45) is 2.34. The maximum atomic E-state index is 14.0. The largest absolute Gasteiger partial charge is 0.494 e. The number of hydrogen-bond donors (Lipinski definition) is 2. The lowest BCUT2D eigenvalue weighted by Gasteiger charge is -2.13. The van der Waals surface area contributed by atoms with Crippen molar-refractivity contribution in [3.63, 3.8) is 0 Å². The summed E-state index contributed by atoms with van der Waals surface area (Å²) in [6.45, 7) is 3.14. The molecule has 3 aromatic rings. The summed E-state index contributed by atoms with van der Waals surface area (Å²) in [5.74, 6) is -0.666. The number of aliphatic imine (C=N–C) groups is 1. The number of fused-ring (bicyclic) bond motifs is 2. The average molecular weight is 437 g/mol. The molecule has 0 unspecified atom stereocenters. The third-order valence-electron chi connectivity index (χ3n) is 5.73. The second-order valence-corrected chi connectivity index (χ2v) is 7.78. The number of aromatic nitrogens is 1. The molecule has 2 aromatic carbocycles. The monoisotopic (exact) mass is 437 g/mol. The smallest absolute Gasteiger partial charge is 0.270 e. The van der Waals surface area contributed by atoms with Gasteiger partial charge in [-0.05, 0) is 50.2 Å². The minimum atomic E-state index is -0.510. The fraction of sp³-hybridized carbons (Fsp3) is 0.273. The van der Waals surface area contributed by atoms with Crippen LogP contribution in [0, 0.1) is 15.9 Å². The molecule has 164 valence electrons. The average Bonchev–Trinajstić information content (AvgIpc) is 3.47. The van der Waals surface area contributed by atoms with E-state index in [4.69, 9.17) is 4.84 Å². The standard InChI is InChI=1S/C22H20FN5O4/c23-13-3-5-18-16(11-13)20(26-32-10-9-27-7-1-2-8-27)21(24-18)19-15-12-14(28(30)31)4-6-17(15)25-22(19)29/h3-6,11-12,25,29H,1-2,7-10H2/b26-20+. The van der Waals surface area contributed by atoms with E-state index in [2.05, 4.69) is 20.0 Å². The second-order valence-electron chi connectivity index (χ2n) is 7.78. The number of H-pyrrole nitrogens is 1. The fourth-order valence-corrected chi connectivity index (χ4v) is 4.17. The molecule has 2 N–H and O–H groups in total. The van der Waals surface area contributed by atoms with Gasteiger partial charge in [0.15, 0.2) is 5.88 Å². The number of likely N-dealkylation sites (tertiary alicyclic amines) is 1. The van der Waals surface area contributed by atoms with E-state index in [0.29, 0.717) is 28.8 Å². The van der Waals surface area contributed by atoms with Gasteiger partial charge in [0.1, 0.15) is 23.8 Å². The molecule has 2 aliphatic rings. The number of non-ortho nitro benzene ring substituents is 1. The Hall–Kier alpha value is -3.79. The van der Waals surface area contributed by atoms with Crippen molar-refractivity contribution < 1.29 is 19.3 Å². The molecule has 3 heterocycles. The van der Waals surface area contributed by atoms with E-state index >= 15 is 0 Å². The molecule has 0 spiro atoms. The Labute approximate surface area is 182 Å². The molecule has 9 nitrogen and oxygen atoms in total. The third kappa shape index (κ3) is 3.58. The molecule has 1 saturated heterocycles. The number of oxime groups is 1. The van der Waals surface area contributed by atoms with E-state index in [1.54, 1.807) is 0 Å². The van der Waals surface area contributed by atoms with Crippen LogP contribution in [0.4, 0.5) is 15.8 Å². The molecular formula is C22H20FN5O4. The first-order valence-electron chi connectivity index (χ1n) is 10.3. The summed E-state index contributed by atoms with van der Waals surface area (Å²) in [7, 11) is 0. The molecular weight excluding hydrogens is 417 g/mol. The van der Waals surface area contributed by atoms with Gasteiger partial charge in [0, 0.05) is 35.1 Å². The Morgan fingerprint density at radius 2 is 2.06 bits per heavy atom. The third-order valence-corrected chi connectivity index (χ3v) is 5.73. The van der Waals surface area contributed by atoms with Gasteiger partial charge in [0.25, 0.3) is 5.69 Å². The normalized spacial score (nSPS) is 17.2. The van der Waals surface area contributed by atoms with Gasteiger partial charge < -0.3 is 14.9 Å². The van der Waals surface area contributed by atoms with Crippen LogP contribution in [0.2, 0.25) is 0 Å². The number of nitro groups is 1. The van der Waals surface area contributed by atoms with Crippen molar-refractivity contribution in [1.29, 1.82) is 0 Å². The lowest BCUT2D eigenvalue weighted by molar-refractivity contribution is -0.384. The lowest BCUT2D eigenvalue weighted by atomic mass is 10.0. The number of nitro benzene ring substituents is 1. The molecule has 5 rings (SSSR count). The zero-order valence-corrected chi connectivity index (χ0v) is 17.0. The maximum absolute atomic E-state index is 14.0. The molecule has 0 bridgehead atoms. The lowest BCUT2D eigenvalue weighted by Crippen LogP contribution is -2.23. The van der Waals surface area contributed by atoms with Crippen molar-refractivity contribution in [2.45, 2.75) is 12.8 Å². The highest BCUT2D eigenvalue weighted by Gasteiger charge is 2.30. The summed E-state index contributed by atoms with van der Waals surface area (Å²) in [6, 6.07) is 8.34. The minimum Gasteiger partial charge on any atom is -0.494 e. The molecule has 1 fully saturated rings. The molecule has 0 saturated carbocycles. The number of nitrogens with one attached hydrogen (secondary N) is 1. The molecule has 0 atom stereocenters. The summed E-state index contributed by atoms with van der Waals surface area (Å²) in [5.41, 5.74) is 2.06. The molecule has 0 amide bonds. The summed E-state index contributed by atoms with van der Waals surface area (Å²) < 4.78 is 14.0. The van der Waals surface area contributed by atoms with Gasteiger partial charge in [0.2, 0.25) is 0 Å².